The largest absolute Gasteiger partial charge is 0.468 e. The Balaban J connectivity index is 0.00000576. The summed E-state index contributed by atoms with van der Waals surface area (Å²) in [4.78, 5) is 6.67. The lowest BCUT2D eigenvalue weighted by molar-refractivity contribution is 0.265. The molecule has 0 saturated carbocycles. The summed E-state index contributed by atoms with van der Waals surface area (Å²) in [6, 6.07) is 3.86. The van der Waals surface area contributed by atoms with Crippen molar-refractivity contribution in [3.8, 4) is 0 Å². The molecule has 146 valence electrons. The van der Waals surface area contributed by atoms with Crippen LogP contribution in [0.1, 0.15) is 32.1 Å². The summed E-state index contributed by atoms with van der Waals surface area (Å²) in [5.74, 6) is 1.70. The predicted octanol–water partition coefficient (Wildman–Crippen LogP) is 1.88. The lowest BCUT2D eigenvalue weighted by Gasteiger charge is -2.22. The first-order valence-electron chi connectivity index (χ1n) is 8.15. The molecule has 1 aromatic heterocycles. The molecule has 2 N–H and O–H groups in total. The average Bonchev–Trinajstić information content (AvgIpc) is 2.98. The maximum absolute atomic E-state index is 11.3. The fourth-order valence-electron chi connectivity index (χ4n) is 2.18. The van der Waals surface area contributed by atoms with Gasteiger partial charge in [-0.1, -0.05) is 0 Å². The Bertz CT molecular complexity index is 603. The molecule has 1 rings (SSSR count). The van der Waals surface area contributed by atoms with E-state index in [2.05, 4.69) is 20.5 Å². The van der Waals surface area contributed by atoms with Crippen LogP contribution in [-0.2, 0) is 9.84 Å². The van der Waals surface area contributed by atoms with Crippen molar-refractivity contribution < 1.29 is 12.8 Å². The van der Waals surface area contributed by atoms with Crippen LogP contribution >= 0.6 is 24.0 Å². The molecule has 0 aliphatic rings. The molecule has 7 nitrogen and oxygen atoms in total. The van der Waals surface area contributed by atoms with Crippen LogP contribution in [0.4, 0.5) is 0 Å². The monoisotopic (exact) mass is 486 g/mol. The van der Waals surface area contributed by atoms with Crippen LogP contribution < -0.4 is 10.6 Å². The predicted molar refractivity (Wildman–Crippen MR) is 113 cm³/mol. The van der Waals surface area contributed by atoms with E-state index in [-0.39, 0.29) is 41.8 Å². The summed E-state index contributed by atoms with van der Waals surface area (Å²) in [5.41, 5.74) is 0. The van der Waals surface area contributed by atoms with Gasteiger partial charge in [0.05, 0.1) is 24.6 Å². The van der Waals surface area contributed by atoms with E-state index in [9.17, 15) is 8.42 Å². The molecule has 0 saturated heterocycles. The highest BCUT2D eigenvalue weighted by molar-refractivity contribution is 14.0. The quantitative estimate of drug-likeness (QED) is 0.315. The van der Waals surface area contributed by atoms with Gasteiger partial charge in [-0.25, -0.2) is 8.42 Å². The molecule has 1 heterocycles. The Morgan fingerprint density at radius 3 is 2.56 bits per heavy atom. The molecule has 2 atom stereocenters. The van der Waals surface area contributed by atoms with Gasteiger partial charge in [-0.2, -0.15) is 0 Å². The third-order valence-corrected chi connectivity index (χ3v) is 4.54. The highest BCUT2D eigenvalue weighted by Gasteiger charge is 2.17. The molecule has 0 amide bonds. The second kappa shape index (κ2) is 11.7. The van der Waals surface area contributed by atoms with Gasteiger partial charge in [-0.05, 0) is 46.5 Å². The Morgan fingerprint density at radius 1 is 1.40 bits per heavy atom. The summed E-state index contributed by atoms with van der Waals surface area (Å²) < 4.78 is 28.0. The van der Waals surface area contributed by atoms with Crippen LogP contribution in [0.3, 0.4) is 0 Å². The van der Waals surface area contributed by atoms with Crippen molar-refractivity contribution >= 4 is 39.8 Å². The maximum Gasteiger partial charge on any atom is 0.191 e. The number of aliphatic imine (C=N–C) groups is 1. The fourth-order valence-corrected chi connectivity index (χ4v) is 2.96. The lowest BCUT2D eigenvalue weighted by Crippen LogP contribution is -2.43. The molecule has 2 unspecified atom stereocenters. The molecule has 0 aliphatic heterocycles. The number of guanidine groups is 1. The van der Waals surface area contributed by atoms with Crippen LogP contribution in [-0.4, -0.2) is 64.5 Å². The number of hydrogen-bond donors (Lipinski definition) is 2. The van der Waals surface area contributed by atoms with Crippen LogP contribution in [0.2, 0.25) is 0 Å². The van der Waals surface area contributed by atoms with E-state index in [0.717, 1.165) is 12.3 Å². The highest BCUT2D eigenvalue weighted by Crippen LogP contribution is 2.18. The van der Waals surface area contributed by atoms with E-state index in [1.165, 1.54) is 6.26 Å². The summed E-state index contributed by atoms with van der Waals surface area (Å²) in [7, 11) is 1.01. The van der Waals surface area contributed by atoms with E-state index >= 15 is 0 Å². The summed E-state index contributed by atoms with van der Waals surface area (Å²) in [5, 5.41) is 6.45. The summed E-state index contributed by atoms with van der Waals surface area (Å²) in [6.07, 6.45) is 3.45. The molecular weight excluding hydrogens is 455 g/mol. The first-order chi connectivity index (χ1) is 11.2. The smallest absolute Gasteiger partial charge is 0.191 e. The van der Waals surface area contributed by atoms with Crippen molar-refractivity contribution in [1.82, 2.24) is 15.5 Å². The van der Waals surface area contributed by atoms with Gasteiger partial charge in [0.2, 0.25) is 0 Å². The third-order valence-electron chi connectivity index (χ3n) is 3.57. The van der Waals surface area contributed by atoms with Gasteiger partial charge in [0.15, 0.2) is 5.96 Å². The Kier molecular flexibility index (Phi) is 11.4. The van der Waals surface area contributed by atoms with E-state index in [0.29, 0.717) is 18.9 Å². The second-order valence-electron chi connectivity index (χ2n) is 6.18. The Labute approximate surface area is 168 Å². The zero-order chi connectivity index (χ0) is 18.2. The number of nitrogens with zero attached hydrogens (tertiary/aromatic N) is 2. The minimum atomic E-state index is -2.95. The number of rotatable bonds is 9. The van der Waals surface area contributed by atoms with Crippen molar-refractivity contribution in [3.05, 3.63) is 24.2 Å². The number of halogens is 1. The molecule has 0 spiro atoms. The van der Waals surface area contributed by atoms with E-state index in [1.807, 2.05) is 40.1 Å². The number of sulfone groups is 1. The Morgan fingerprint density at radius 2 is 2.08 bits per heavy atom. The average molecular weight is 486 g/mol. The van der Waals surface area contributed by atoms with E-state index < -0.39 is 9.84 Å². The van der Waals surface area contributed by atoms with Gasteiger partial charge in [0.25, 0.3) is 0 Å². The molecule has 0 aromatic carbocycles. The molecule has 0 radical (unpaired) electrons. The number of hydrogen-bond acceptors (Lipinski definition) is 5. The molecule has 0 bridgehead atoms. The van der Waals surface area contributed by atoms with E-state index in [4.69, 9.17) is 4.42 Å². The van der Waals surface area contributed by atoms with Crippen LogP contribution in [0.15, 0.2) is 27.8 Å². The molecule has 9 heteroatoms. The van der Waals surface area contributed by atoms with Crippen LogP contribution in [0.5, 0.6) is 0 Å². The van der Waals surface area contributed by atoms with Crippen molar-refractivity contribution in [2.45, 2.75) is 32.4 Å². The lowest BCUT2D eigenvalue weighted by atomic mass is 10.2. The zero-order valence-electron chi connectivity index (χ0n) is 15.7. The standard InChI is InChI=1S/C16H30N4O3S.HI/c1-6-17-16(19-13(2)9-11-24(5,21)22)18-12-14(20(3)4)15-8-7-10-23-15;/h7-8,10,13-14H,6,9,11-12H2,1-5H3,(H2,17,18,19);1H. The van der Waals surface area contributed by atoms with Gasteiger partial charge in [-0.15, -0.1) is 24.0 Å². The minimum Gasteiger partial charge on any atom is -0.468 e. The molecule has 25 heavy (non-hydrogen) atoms. The van der Waals surface area contributed by atoms with Gasteiger partial charge in [0, 0.05) is 18.8 Å². The van der Waals surface area contributed by atoms with Crippen molar-refractivity contribution in [2.24, 2.45) is 4.99 Å². The molecule has 0 fully saturated rings. The molecule has 0 aliphatic carbocycles. The normalized spacial score (nSPS) is 14.7. The van der Waals surface area contributed by atoms with Gasteiger partial charge >= 0.3 is 0 Å². The first-order valence-corrected chi connectivity index (χ1v) is 10.2. The van der Waals surface area contributed by atoms with Gasteiger partial charge in [0.1, 0.15) is 15.6 Å². The summed E-state index contributed by atoms with van der Waals surface area (Å²) in [6.45, 7) is 5.22. The van der Waals surface area contributed by atoms with Crippen molar-refractivity contribution in [3.63, 3.8) is 0 Å². The van der Waals surface area contributed by atoms with Crippen molar-refractivity contribution in [1.29, 1.82) is 0 Å². The third kappa shape index (κ3) is 10.0. The second-order valence-corrected chi connectivity index (χ2v) is 8.44. The number of likely N-dealkylation sites (N-methyl/N-ethyl adjacent to an activating group) is 1. The van der Waals surface area contributed by atoms with Gasteiger partial charge in [-0.3, -0.25) is 9.89 Å². The topological polar surface area (TPSA) is 86.9 Å². The fraction of sp³-hybridized carbons (Fsp3) is 0.688. The maximum atomic E-state index is 11.3. The SMILES string of the molecule is CCNC(=NCC(c1ccco1)N(C)C)NC(C)CCS(C)(=O)=O.I. The highest BCUT2D eigenvalue weighted by atomic mass is 127. The first kappa shape index (κ1) is 24.2. The number of nitrogens with one attached hydrogen (secondary N) is 2. The zero-order valence-corrected chi connectivity index (χ0v) is 18.8. The minimum absolute atomic E-state index is 0. The van der Waals surface area contributed by atoms with E-state index in [1.54, 1.807) is 6.26 Å². The number of furan rings is 1. The Hall–Kier alpha value is -0.810. The molecular formula is C16H31IN4O3S. The molecule has 1 aromatic rings. The summed E-state index contributed by atoms with van der Waals surface area (Å²) >= 11 is 0. The van der Waals surface area contributed by atoms with Gasteiger partial charge < -0.3 is 15.1 Å². The van der Waals surface area contributed by atoms with Crippen molar-refractivity contribution in [2.75, 3.05) is 39.2 Å². The van der Waals surface area contributed by atoms with Crippen LogP contribution in [0, 0.1) is 0 Å². The van der Waals surface area contributed by atoms with Crippen LogP contribution in [0.25, 0.3) is 0 Å².